The summed E-state index contributed by atoms with van der Waals surface area (Å²) < 4.78 is 6.32. The summed E-state index contributed by atoms with van der Waals surface area (Å²) in [5, 5.41) is 4.66. The van der Waals surface area contributed by atoms with Crippen LogP contribution in [-0.4, -0.2) is 9.97 Å². The second-order valence-electron chi connectivity index (χ2n) is 13.4. The van der Waals surface area contributed by atoms with Gasteiger partial charge in [-0.25, -0.2) is 9.97 Å². The van der Waals surface area contributed by atoms with Crippen LogP contribution in [0.4, 0.5) is 0 Å². The van der Waals surface area contributed by atoms with Gasteiger partial charge in [0.05, 0.1) is 11.4 Å². The highest BCUT2D eigenvalue weighted by Crippen LogP contribution is 2.39. The second-order valence-corrected chi connectivity index (χ2v) is 13.4. The monoisotopic (exact) mass is 676 g/mol. The normalized spacial score (nSPS) is 11.4. The molecule has 8 aromatic carbocycles. The molecule has 53 heavy (non-hydrogen) atoms. The molecule has 0 fully saturated rings. The highest BCUT2D eigenvalue weighted by Gasteiger charge is 2.17. The van der Waals surface area contributed by atoms with Crippen molar-refractivity contribution in [3.63, 3.8) is 0 Å². The van der Waals surface area contributed by atoms with Crippen molar-refractivity contribution in [2.75, 3.05) is 0 Å². The van der Waals surface area contributed by atoms with Crippen molar-refractivity contribution >= 4 is 32.7 Å². The van der Waals surface area contributed by atoms with Crippen LogP contribution in [0.25, 0.3) is 100.0 Å². The predicted molar refractivity (Wildman–Crippen MR) is 219 cm³/mol. The van der Waals surface area contributed by atoms with Gasteiger partial charge in [-0.3, -0.25) is 0 Å². The number of hydrogen-bond donors (Lipinski definition) is 0. The van der Waals surface area contributed by atoms with E-state index >= 15 is 0 Å². The fraction of sp³-hybridized carbons (Fsp3) is 0. The van der Waals surface area contributed by atoms with Gasteiger partial charge >= 0.3 is 0 Å². The molecule has 10 aromatic rings. The third-order valence-electron chi connectivity index (χ3n) is 10.1. The summed E-state index contributed by atoms with van der Waals surface area (Å²) in [6.45, 7) is 0. The van der Waals surface area contributed by atoms with Gasteiger partial charge in [-0.1, -0.05) is 146 Å². The van der Waals surface area contributed by atoms with Crippen molar-refractivity contribution in [2.24, 2.45) is 0 Å². The van der Waals surface area contributed by atoms with Gasteiger partial charge < -0.3 is 4.42 Å². The number of hydrogen-bond acceptors (Lipinski definition) is 3. The van der Waals surface area contributed by atoms with E-state index in [0.29, 0.717) is 5.82 Å². The standard InChI is InChI=1S/C50H32N2O/c1-3-13-33(14-4-1)39-28-40(37-25-26-45-44-21-11-12-22-48(44)53-49(45)31-37)30-41(29-39)46-32-47(52-50(51-46)35-16-5-2-6-17-35)43-20-10-9-19-42(43)38-24-23-34-15-7-8-18-36(34)27-38/h1-32H. The summed E-state index contributed by atoms with van der Waals surface area (Å²) in [5.41, 5.74) is 13.2. The molecule has 0 N–H and O–H groups in total. The van der Waals surface area contributed by atoms with Crippen molar-refractivity contribution in [2.45, 2.75) is 0 Å². The zero-order chi connectivity index (χ0) is 35.1. The molecule has 0 amide bonds. The van der Waals surface area contributed by atoms with E-state index in [1.807, 2.05) is 30.3 Å². The Morgan fingerprint density at radius 2 is 0.906 bits per heavy atom. The molecule has 0 aliphatic carbocycles. The number of nitrogens with zero attached hydrogens (tertiary/aromatic N) is 2. The van der Waals surface area contributed by atoms with Gasteiger partial charge in [0.1, 0.15) is 11.2 Å². The van der Waals surface area contributed by atoms with Crippen LogP contribution in [0.5, 0.6) is 0 Å². The Bertz CT molecular complexity index is 2950. The third-order valence-corrected chi connectivity index (χ3v) is 10.1. The van der Waals surface area contributed by atoms with E-state index in [4.69, 9.17) is 14.4 Å². The summed E-state index contributed by atoms with van der Waals surface area (Å²) in [7, 11) is 0. The lowest BCUT2D eigenvalue weighted by atomic mass is 9.93. The molecular weight excluding hydrogens is 645 g/mol. The number of benzene rings is 8. The van der Waals surface area contributed by atoms with Gasteiger partial charge in [-0.2, -0.15) is 0 Å². The fourth-order valence-corrected chi connectivity index (χ4v) is 7.41. The average molecular weight is 677 g/mol. The van der Waals surface area contributed by atoms with E-state index < -0.39 is 0 Å². The molecule has 0 atom stereocenters. The topological polar surface area (TPSA) is 38.9 Å². The molecule has 0 spiro atoms. The van der Waals surface area contributed by atoms with Crippen LogP contribution in [0.15, 0.2) is 199 Å². The van der Waals surface area contributed by atoms with E-state index in [9.17, 15) is 0 Å². The molecular formula is C50H32N2O. The Balaban J connectivity index is 1.18. The van der Waals surface area contributed by atoms with Crippen LogP contribution >= 0.6 is 0 Å². The average Bonchev–Trinajstić information content (AvgIpc) is 3.62. The molecule has 0 radical (unpaired) electrons. The van der Waals surface area contributed by atoms with Crippen LogP contribution in [0.2, 0.25) is 0 Å². The maximum absolute atomic E-state index is 6.32. The Morgan fingerprint density at radius 3 is 1.74 bits per heavy atom. The first-order valence-electron chi connectivity index (χ1n) is 17.9. The summed E-state index contributed by atoms with van der Waals surface area (Å²) in [6, 6.07) is 68.1. The minimum absolute atomic E-state index is 0.682. The lowest BCUT2D eigenvalue weighted by Crippen LogP contribution is -1.97. The Hall–Kier alpha value is -7.10. The van der Waals surface area contributed by atoms with Gasteiger partial charge in [0.25, 0.3) is 0 Å². The van der Waals surface area contributed by atoms with Crippen LogP contribution < -0.4 is 0 Å². The molecule has 0 bridgehead atoms. The molecule has 0 saturated carbocycles. The molecule has 2 heterocycles. The number of para-hydroxylation sites is 1. The zero-order valence-corrected chi connectivity index (χ0v) is 28.8. The molecule has 3 heteroatoms. The number of furan rings is 1. The largest absolute Gasteiger partial charge is 0.456 e. The van der Waals surface area contributed by atoms with Gasteiger partial charge in [-0.05, 0) is 92.7 Å². The quantitative estimate of drug-likeness (QED) is 0.176. The fourth-order valence-electron chi connectivity index (χ4n) is 7.41. The van der Waals surface area contributed by atoms with E-state index in [0.717, 1.165) is 83.4 Å². The molecule has 0 aliphatic rings. The van der Waals surface area contributed by atoms with Gasteiger partial charge in [-0.15, -0.1) is 0 Å². The second kappa shape index (κ2) is 12.9. The maximum atomic E-state index is 6.32. The number of fused-ring (bicyclic) bond motifs is 4. The van der Waals surface area contributed by atoms with E-state index in [1.54, 1.807) is 0 Å². The van der Waals surface area contributed by atoms with E-state index in [-0.39, 0.29) is 0 Å². The maximum Gasteiger partial charge on any atom is 0.160 e. The molecule has 248 valence electrons. The van der Waals surface area contributed by atoms with Crippen LogP contribution in [0, 0.1) is 0 Å². The van der Waals surface area contributed by atoms with Crippen molar-refractivity contribution in [1.29, 1.82) is 0 Å². The van der Waals surface area contributed by atoms with Crippen LogP contribution in [-0.2, 0) is 0 Å². The van der Waals surface area contributed by atoms with Gasteiger partial charge in [0.15, 0.2) is 5.82 Å². The van der Waals surface area contributed by atoms with Crippen molar-refractivity contribution in [3.8, 4) is 67.3 Å². The Labute approximate surface area is 307 Å². The van der Waals surface area contributed by atoms with E-state index in [1.165, 1.54) is 10.8 Å². The molecule has 10 rings (SSSR count). The zero-order valence-electron chi connectivity index (χ0n) is 28.8. The lowest BCUT2D eigenvalue weighted by Gasteiger charge is -2.15. The van der Waals surface area contributed by atoms with Crippen LogP contribution in [0.1, 0.15) is 0 Å². The van der Waals surface area contributed by atoms with Crippen LogP contribution in [0.3, 0.4) is 0 Å². The number of rotatable bonds is 6. The molecule has 0 saturated heterocycles. The van der Waals surface area contributed by atoms with Crippen molar-refractivity contribution < 1.29 is 4.42 Å². The Morgan fingerprint density at radius 1 is 0.302 bits per heavy atom. The van der Waals surface area contributed by atoms with E-state index in [2.05, 4.69) is 164 Å². The molecule has 0 unspecified atom stereocenters. The minimum Gasteiger partial charge on any atom is -0.456 e. The SMILES string of the molecule is c1ccc(-c2cc(-c3ccc4c(c3)oc3ccccc34)cc(-c3cc(-c4ccccc4-c4ccc5ccccc5c4)nc(-c4ccccc4)n3)c2)cc1. The highest BCUT2D eigenvalue weighted by atomic mass is 16.3. The summed E-state index contributed by atoms with van der Waals surface area (Å²) >= 11 is 0. The first-order chi connectivity index (χ1) is 26.2. The van der Waals surface area contributed by atoms with Gasteiger partial charge in [0.2, 0.25) is 0 Å². The summed E-state index contributed by atoms with van der Waals surface area (Å²) in [4.78, 5) is 10.5. The molecule has 0 aliphatic heterocycles. The van der Waals surface area contributed by atoms with Crippen molar-refractivity contribution in [3.05, 3.63) is 194 Å². The minimum atomic E-state index is 0.682. The smallest absolute Gasteiger partial charge is 0.160 e. The first kappa shape index (κ1) is 30.7. The Kier molecular flexibility index (Phi) is 7.47. The van der Waals surface area contributed by atoms with Gasteiger partial charge in [0, 0.05) is 27.5 Å². The molecule has 3 nitrogen and oxygen atoms in total. The lowest BCUT2D eigenvalue weighted by molar-refractivity contribution is 0.669. The highest BCUT2D eigenvalue weighted by molar-refractivity contribution is 6.06. The predicted octanol–water partition coefficient (Wildman–Crippen LogP) is 13.5. The third kappa shape index (κ3) is 5.75. The summed E-state index contributed by atoms with van der Waals surface area (Å²) in [6.07, 6.45) is 0. The molecule has 2 aromatic heterocycles. The summed E-state index contributed by atoms with van der Waals surface area (Å²) in [5.74, 6) is 0.682. The number of aromatic nitrogens is 2. The first-order valence-corrected chi connectivity index (χ1v) is 17.9. The van der Waals surface area contributed by atoms with Crippen molar-refractivity contribution in [1.82, 2.24) is 9.97 Å².